The van der Waals surface area contributed by atoms with Crippen LogP contribution in [-0.2, 0) is 11.2 Å². The summed E-state index contributed by atoms with van der Waals surface area (Å²) in [7, 11) is 0. The fraction of sp³-hybridized carbons (Fsp3) is 0.278. The maximum Gasteiger partial charge on any atom is 0.207 e. The number of Topliss-reactive ketones (excluding diaryl/α,β-unsaturated/α-hetero) is 1. The van der Waals surface area contributed by atoms with E-state index in [0.29, 0.717) is 16.6 Å². The second-order valence-electron chi connectivity index (χ2n) is 5.62. The van der Waals surface area contributed by atoms with Crippen LogP contribution in [0.4, 0.5) is 4.39 Å². The van der Waals surface area contributed by atoms with Crippen molar-refractivity contribution in [2.45, 2.75) is 11.3 Å². The topological polar surface area (TPSA) is 88.1 Å². The van der Waals surface area contributed by atoms with E-state index in [4.69, 9.17) is 9.84 Å². The lowest BCUT2D eigenvalue weighted by molar-refractivity contribution is 0.0659. The molecule has 1 aromatic carbocycles. The Bertz CT molecular complexity index is 929. The molecule has 26 heavy (non-hydrogen) atoms. The summed E-state index contributed by atoms with van der Waals surface area (Å²) in [5.74, 6) is -0.658. The van der Waals surface area contributed by atoms with E-state index in [1.165, 1.54) is 17.8 Å². The largest absolute Gasteiger partial charge is 0.394 e. The minimum atomic E-state index is -0.330. The highest BCUT2D eigenvalue weighted by molar-refractivity contribution is 7.98. The first-order chi connectivity index (χ1) is 12.6. The molecule has 0 fully saturated rings. The highest BCUT2D eigenvalue weighted by atomic mass is 32.2. The molecule has 6 nitrogen and oxygen atoms in total. The van der Waals surface area contributed by atoms with E-state index in [0.717, 1.165) is 10.3 Å². The molecule has 8 heteroatoms. The van der Waals surface area contributed by atoms with Gasteiger partial charge in [0.05, 0.1) is 24.9 Å². The Morgan fingerprint density at radius 1 is 1.38 bits per heavy atom. The molecule has 0 aliphatic rings. The third-order valence-electron chi connectivity index (χ3n) is 3.95. The van der Waals surface area contributed by atoms with Crippen LogP contribution in [-0.4, -0.2) is 52.1 Å². The Morgan fingerprint density at radius 3 is 2.96 bits per heavy atom. The molecule has 0 radical (unpaired) electrons. The zero-order chi connectivity index (χ0) is 18.5. The third kappa shape index (κ3) is 3.92. The number of benzene rings is 1. The molecule has 0 saturated carbocycles. The summed E-state index contributed by atoms with van der Waals surface area (Å²) in [6.45, 7) is -0.299. The SMILES string of the molecule is CSc1ccc(Cc2c(C(=O)COCCO)ncc3cn[nH]c23)c(F)c1. The third-order valence-corrected chi connectivity index (χ3v) is 4.67. The van der Waals surface area contributed by atoms with E-state index >= 15 is 0 Å². The minimum Gasteiger partial charge on any atom is -0.394 e. The van der Waals surface area contributed by atoms with Gasteiger partial charge in [-0.05, 0) is 24.0 Å². The number of aliphatic hydroxyl groups excluding tert-OH is 1. The van der Waals surface area contributed by atoms with E-state index in [1.807, 2.05) is 12.3 Å². The van der Waals surface area contributed by atoms with Crippen LogP contribution in [0.5, 0.6) is 0 Å². The molecule has 3 aromatic rings. The fourth-order valence-electron chi connectivity index (χ4n) is 2.66. The summed E-state index contributed by atoms with van der Waals surface area (Å²) < 4.78 is 19.5. The van der Waals surface area contributed by atoms with Crippen LogP contribution in [0, 0.1) is 5.82 Å². The van der Waals surface area contributed by atoms with Crippen LogP contribution >= 0.6 is 11.8 Å². The highest BCUT2D eigenvalue weighted by Crippen LogP contribution is 2.25. The number of H-pyrrole nitrogens is 1. The Kier molecular flexibility index (Phi) is 5.97. The van der Waals surface area contributed by atoms with Gasteiger partial charge in [0, 0.05) is 28.5 Å². The molecule has 2 heterocycles. The molecule has 0 saturated heterocycles. The normalized spacial score (nSPS) is 11.2. The number of pyridine rings is 1. The fourth-order valence-corrected chi connectivity index (χ4v) is 3.09. The lowest BCUT2D eigenvalue weighted by atomic mass is 9.99. The number of ketones is 1. The van der Waals surface area contributed by atoms with Gasteiger partial charge in [-0.15, -0.1) is 11.8 Å². The van der Waals surface area contributed by atoms with E-state index < -0.39 is 0 Å². The molecule has 0 aliphatic heterocycles. The lowest BCUT2D eigenvalue weighted by Gasteiger charge is -2.11. The first-order valence-electron chi connectivity index (χ1n) is 7.99. The van der Waals surface area contributed by atoms with Crippen molar-refractivity contribution in [3.63, 3.8) is 0 Å². The molecule has 0 amide bonds. The number of ether oxygens (including phenoxy) is 1. The second kappa shape index (κ2) is 8.39. The number of nitrogens with one attached hydrogen (secondary N) is 1. The van der Waals surface area contributed by atoms with Crippen LogP contribution in [0.3, 0.4) is 0 Å². The van der Waals surface area contributed by atoms with Gasteiger partial charge in [0.1, 0.15) is 18.1 Å². The van der Waals surface area contributed by atoms with Gasteiger partial charge < -0.3 is 9.84 Å². The van der Waals surface area contributed by atoms with Crippen molar-refractivity contribution in [2.75, 3.05) is 26.1 Å². The summed E-state index contributed by atoms with van der Waals surface area (Å²) in [6, 6.07) is 5.04. The van der Waals surface area contributed by atoms with Crippen molar-refractivity contribution >= 4 is 28.4 Å². The molecule has 136 valence electrons. The number of nitrogens with zero attached hydrogens (tertiary/aromatic N) is 2. The van der Waals surface area contributed by atoms with Crippen molar-refractivity contribution in [3.05, 3.63) is 53.2 Å². The number of halogens is 1. The van der Waals surface area contributed by atoms with Gasteiger partial charge in [-0.3, -0.25) is 14.9 Å². The summed E-state index contributed by atoms with van der Waals surface area (Å²) in [5.41, 5.74) is 1.91. The second-order valence-corrected chi connectivity index (χ2v) is 6.50. The quantitative estimate of drug-likeness (QED) is 0.357. The zero-order valence-corrected chi connectivity index (χ0v) is 15.0. The summed E-state index contributed by atoms with van der Waals surface area (Å²) >= 11 is 1.46. The Hall–Kier alpha value is -2.29. The number of aliphatic hydroxyl groups is 1. The molecule has 3 rings (SSSR count). The number of thioether (sulfide) groups is 1. The van der Waals surface area contributed by atoms with Gasteiger partial charge in [0.25, 0.3) is 0 Å². The van der Waals surface area contributed by atoms with Crippen LogP contribution in [0.25, 0.3) is 10.9 Å². The molecular weight excluding hydrogens is 357 g/mol. The Balaban J connectivity index is 1.98. The van der Waals surface area contributed by atoms with Crippen molar-refractivity contribution in [1.29, 1.82) is 0 Å². The van der Waals surface area contributed by atoms with Crippen molar-refractivity contribution < 1.29 is 19.0 Å². The van der Waals surface area contributed by atoms with Gasteiger partial charge in [0.15, 0.2) is 0 Å². The summed E-state index contributed by atoms with van der Waals surface area (Å²) in [5, 5.41) is 16.4. The Morgan fingerprint density at radius 2 is 2.23 bits per heavy atom. The number of fused-ring (bicyclic) bond motifs is 1. The first kappa shape index (κ1) is 18.5. The Labute approximate surface area is 153 Å². The van der Waals surface area contributed by atoms with Crippen LogP contribution in [0.15, 0.2) is 35.5 Å². The average Bonchev–Trinajstić information content (AvgIpc) is 3.12. The maximum atomic E-state index is 14.4. The van der Waals surface area contributed by atoms with E-state index in [-0.39, 0.29) is 43.5 Å². The molecule has 0 bridgehead atoms. The van der Waals surface area contributed by atoms with E-state index in [9.17, 15) is 9.18 Å². The lowest BCUT2D eigenvalue weighted by Crippen LogP contribution is -2.15. The number of aromatic amines is 1. The van der Waals surface area contributed by atoms with Crippen molar-refractivity contribution in [1.82, 2.24) is 15.2 Å². The predicted molar refractivity (Wildman–Crippen MR) is 97.1 cm³/mol. The van der Waals surface area contributed by atoms with Crippen LogP contribution < -0.4 is 0 Å². The standard InChI is InChI=1S/C18H18FN3O3S/c1-26-13-3-2-11(15(19)7-13)6-14-17-12(9-21-22-17)8-20-18(14)16(24)10-25-5-4-23/h2-3,7-9,23H,4-6,10H2,1H3,(H,21,22). The maximum absolute atomic E-state index is 14.4. The van der Waals surface area contributed by atoms with Crippen molar-refractivity contribution in [3.8, 4) is 0 Å². The number of rotatable bonds is 8. The van der Waals surface area contributed by atoms with E-state index in [1.54, 1.807) is 18.5 Å². The van der Waals surface area contributed by atoms with Crippen molar-refractivity contribution in [2.24, 2.45) is 0 Å². The minimum absolute atomic E-state index is 0.0676. The van der Waals surface area contributed by atoms with Gasteiger partial charge in [0.2, 0.25) is 5.78 Å². The van der Waals surface area contributed by atoms with Crippen LogP contribution in [0.1, 0.15) is 21.6 Å². The number of carbonyl (C=O) groups excluding carboxylic acids is 1. The highest BCUT2D eigenvalue weighted by Gasteiger charge is 2.19. The first-order valence-corrected chi connectivity index (χ1v) is 9.21. The monoisotopic (exact) mass is 375 g/mol. The van der Waals surface area contributed by atoms with E-state index in [2.05, 4.69) is 15.2 Å². The average molecular weight is 375 g/mol. The van der Waals surface area contributed by atoms with Gasteiger partial charge in [-0.2, -0.15) is 5.10 Å². The molecule has 2 N–H and O–H groups in total. The summed E-state index contributed by atoms with van der Waals surface area (Å²) in [6.07, 6.45) is 5.24. The molecular formula is C18H18FN3O3S. The molecule has 0 unspecified atom stereocenters. The van der Waals surface area contributed by atoms with Crippen LogP contribution in [0.2, 0.25) is 0 Å². The molecule has 0 aliphatic carbocycles. The number of aromatic nitrogens is 3. The van der Waals surface area contributed by atoms with Gasteiger partial charge >= 0.3 is 0 Å². The molecule has 0 spiro atoms. The molecule has 0 atom stereocenters. The summed E-state index contributed by atoms with van der Waals surface area (Å²) in [4.78, 5) is 17.6. The number of hydrogen-bond acceptors (Lipinski definition) is 6. The number of hydrogen-bond donors (Lipinski definition) is 2. The number of carbonyl (C=O) groups is 1. The zero-order valence-electron chi connectivity index (χ0n) is 14.2. The van der Waals surface area contributed by atoms with Gasteiger partial charge in [-0.1, -0.05) is 6.07 Å². The predicted octanol–water partition coefficient (Wildman–Crippen LogP) is 2.60. The van der Waals surface area contributed by atoms with Gasteiger partial charge in [-0.25, -0.2) is 4.39 Å². The smallest absolute Gasteiger partial charge is 0.207 e. The molecule has 2 aromatic heterocycles.